The van der Waals surface area contributed by atoms with E-state index in [-0.39, 0.29) is 5.91 Å². The zero-order chi connectivity index (χ0) is 10.9. The molecule has 15 heavy (non-hydrogen) atoms. The molecule has 3 heteroatoms. The molecule has 0 saturated carbocycles. The summed E-state index contributed by atoms with van der Waals surface area (Å²) in [4.78, 5) is 10.7. The molecule has 1 amide bonds. The second-order valence-electron chi connectivity index (χ2n) is 3.24. The third-order valence-electron chi connectivity index (χ3n) is 2.01. The van der Waals surface area contributed by atoms with Crippen molar-refractivity contribution in [3.8, 4) is 0 Å². The van der Waals surface area contributed by atoms with Crippen molar-refractivity contribution in [2.24, 2.45) is 0 Å². The fourth-order valence-corrected chi connectivity index (χ4v) is 1.22. The summed E-state index contributed by atoms with van der Waals surface area (Å²) in [5.74, 6) is -0.330. The van der Waals surface area contributed by atoms with Gasteiger partial charge >= 0.3 is 0 Å². The minimum Gasteiger partial charge on any atom is -0.289 e. The van der Waals surface area contributed by atoms with Crippen LogP contribution in [0.4, 0.5) is 0 Å². The van der Waals surface area contributed by atoms with Gasteiger partial charge in [0, 0.05) is 6.42 Å². The van der Waals surface area contributed by atoms with Crippen LogP contribution in [-0.2, 0) is 4.79 Å². The topological polar surface area (TPSA) is 49.3 Å². The highest BCUT2D eigenvalue weighted by Gasteiger charge is 1.95. The minimum absolute atomic E-state index is 0.330. The molecule has 0 radical (unpaired) electrons. The number of carbonyl (C=O) groups excluding carboxylic acids is 1. The normalized spacial score (nSPS) is 10.5. The van der Waals surface area contributed by atoms with Crippen molar-refractivity contribution < 1.29 is 10.0 Å². The SMILES string of the molecule is O=C(CCC/C=C/c1ccccc1)NO. The smallest absolute Gasteiger partial charge is 0.243 e. The quantitative estimate of drug-likeness (QED) is 0.440. The van der Waals surface area contributed by atoms with Crippen LogP contribution in [0.25, 0.3) is 6.08 Å². The lowest BCUT2D eigenvalue weighted by Gasteiger charge is -1.95. The van der Waals surface area contributed by atoms with Crippen LogP contribution in [0.15, 0.2) is 36.4 Å². The van der Waals surface area contributed by atoms with E-state index in [1.807, 2.05) is 42.5 Å². The Kier molecular flexibility index (Phi) is 5.19. The van der Waals surface area contributed by atoms with E-state index in [1.165, 1.54) is 0 Å². The molecule has 0 bridgehead atoms. The highest BCUT2D eigenvalue weighted by Crippen LogP contribution is 2.03. The monoisotopic (exact) mass is 205 g/mol. The van der Waals surface area contributed by atoms with E-state index >= 15 is 0 Å². The van der Waals surface area contributed by atoms with Gasteiger partial charge in [-0.05, 0) is 18.4 Å². The molecule has 0 aliphatic carbocycles. The maximum Gasteiger partial charge on any atom is 0.243 e. The van der Waals surface area contributed by atoms with Gasteiger partial charge in [0.1, 0.15) is 0 Å². The van der Waals surface area contributed by atoms with Crippen LogP contribution < -0.4 is 5.48 Å². The van der Waals surface area contributed by atoms with Gasteiger partial charge in [0.25, 0.3) is 0 Å². The van der Waals surface area contributed by atoms with Gasteiger partial charge < -0.3 is 0 Å². The number of benzene rings is 1. The fourth-order valence-electron chi connectivity index (χ4n) is 1.22. The van der Waals surface area contributed by atoms with Crippen LogP contribution in [0, 0.1) is 0 Å². The van der Waals surface area contributed by atoms with Gasteiger partial charge in [0.05, 0.1) is 0 Å². The second kappa shape index (κ2) is 6.79. The average molecular weight is 205 g/mol. The first-order chi connectivity index (χ1) is 7.33. The van der Waals surface area contributed by atoms with E-state index in [4.69, 9.17) is 5.21 Å². The van der Waals surface area contributed by atoms with Gasteiger partial charge in [0.2, 0.25) is 5.91 Å². The molecule has 80 valence electrons. The standard InChI is InChI=1S/C12H15NO2/c14-12(13-15)10-6-2-5-9-11-7-3-1-4-8-11/h1,3-5,7-9,15H,2,6,10H2,(H,13,14)/b9-5+. The van der Waals surface area contributed by atoms with Gasteiger partial charge in [0.15, 0.2) is 0 Å². The first kappa shape index (κ1) is 11.5. The fraction of sp³-hybridized carbons (Fsp3) is 0.250. The van der Waals surface area contributed by atoms with Gasteiger partial charge in [-0.3, -0.25) is 10.0 Å². The lowest BCUT2D eigenvalue weighted by Crippen LogP contribution is -2.17. The average Bonchev–Trinajstić information content (AvgIpc) is 2.29. The van der Waals surface area contributed by atoms with Crippen molar-refractivity contribution in [3.63, 3.8) is 0 Å². The number of hydrogen-bond donors (Lipinski definition) is 2. The molecule has 0 fully saturated rings. The van der Waals surface area contributed by atoms with E-state index in [2.05, 4.69) is 0 Å². The van der Waals surface area contributed by atoms with Gasteiger partial charge in [-0.2, -0.15) is 0 Å². The van der Waals surface area contributed by atoms with Crippen molar-refractivity contribution in [2.45, 2.75) is 19.3 Å². The van der Waals surface area contributed by atoms with Crippen LogP contribution >= 0.6 is 0 Å². The number of carbonyl (C=O) groups is 1. The number of nitrogens with one attached hydrogen (secondary N) is 1. The van der Waals surface area contributed by atoms with Crippen LogP contribution in [0.3, 0.4) is 0 Å². The first-order valence-corrected chi connectivity index (χ1v) is 4.97. The Morgan fingerprint density at radius 1 is 1.33 bits per heavy atom. The number of hydrogen-bond acceptors (Lipinski definition) is 2. The summed E-state index contributed by atoms with van der Waals surface area (Å²) in [5.41, 5.74) is 2.77. The summed E-state index contributed by atoms with van der Waals surface area (Å²) in [7, 11) is 0. The van der Waals surface area contributed by atoms with E-state index in [0.717, 1.165) is 18.4 Å². The molecule has 3 nitrogen and oxygen atoms in total. The molecule has 0 aliphatic rings. The highest BCUT2D eigenvalue weighted by molar-refractivity contribution is 5.74. The Labute approximate surface area is 89.4 Å². The molecular formula is C12H15NO2. The summed E-state index contributed by atoms with van der Waals surface area (Å²) < 4.78 is 0. The highest BCUT2D eigenvalue weighted by atomic mass is 16.5. The maximum absolute atomic E-state index is 10.7. The molecule has 1 aromatic rings. The Bertz CT molecular complexity index is 320. The Hall–Kier alpha value is -1.61. The summed E-state index contributed by atoms with van der Waals surface area (Å²) in [5, 5.41) is 8.25. The van der Waals surface area contributed by atoms with Crippen molar-refractivity contribution >= 4 is 12.0 Å². The van der Waals surface area contributed by atoms with Crippen molar-refractivity contribution in [1.29, 1.82) is 0 Å². The van der Waals surface area contributed by atoms with Gasteiger partial charge in [-0.25, -0.2) is 5.48 Å². The third kappa shape index (κ3) is 4.98. The Balaban J connectivity index is 2.20. The zero-order valence-corrected chi connectivity index (χ0v) is 8.52. The molecular weight excluding hydrogens is 190 g/mol. The van der Waals surface area contributed by atoms with E-state index in [0.29, 0.717) is 6.42 Å². The molecule has 2 N–H and O–H groups in total. The third-order valence-corrected chi connectivity index (χ3v) is 2.01. The number of unbranched alkanes of at least 4 members (excludes halogenated alkanes) is 1. The van der Waals surface area contributed by atoms with E-state index in [1.54, 1.807) is 5.48 Å². The summed E-state index contributed by atoms with van der Waals surface area (Å²) in [6.45, 7) is 0. The number of amides is 1. The van der Waals surface area contributed by atoms with Gasteiger partial charge in [-0.1, -0.05) is 42.5 Å². The van der Waals surface area contributed by atoms with Crippen molar-refractivity contribution in [1.82, 2.24) is 5.48 Å². The molecule has 0 unspecified atom stereocenters. The molecule has 1 rings (SSSR count). The Morgan fingerprint density at radius 2 is 2.07 bits per heavy atom. The van der Waals surface area contributed by atoms with Crippen molar-refractivity contribution in [2.75, 3.05) is 0 Å². The largest absolute Gasteiger partial charge is 0.289 e. The molecule has 0 saturated heterocycles. The first-order valence-electron chi connectivity index (χ1n) is 4.97. The van der Waals surface area contributed by atoms with Gasteiger partial charge in [-0.15, -0.1) is 0 Å². The Morgan fingerprint density at radius 3 is 2.73 bits per heavy atom. The minimum atomic E-state index is -0.330. The molecule has 0 spiro atoms. The molecule has 0 heterocycles. The maximum atomic E-state index is 10.7. The van der Waals surface area contributed by atoms with Crippen LogP contribution in [0.2, 0.25) is 0 Å². The van der Waals surface area contributed by atoms with Crippen LogP contribution in [0.5, 0.6) is 0 Å². The molecule has 0 aliphatic heterocycles. The lowest BCUT2D eigenvalue weighted by atomic mass is 10.1. The zero-order valence-electron chi connectivity index (χ0n) is 8.52. The summed E-state index contributed by atoms with van der Waals surface area (Å²) in [6, 6.07) is 9.99. The lowest BCUT2D eigenvalue weighted by molar-refractivity contribution is -0.129. The predicted molar refractivity (Wildman–Crippen MR) is 59.3 cm³/mol. The molecule has 0 aromatic heterocycles. The van der Waals surface area contributed by atoms with Crippen molar-refractivity contribution in [3.05, 3.63) is 42.0 Å². The summed E-state index contributed by atoms with van der Waals surface area (Å²) in [6.07, 6.45) is 5.99. The van der Waals surface area contributed by atoms with E-state index in [9.17, 15) is 4.79 Å². The van der Waals surface area contributed by atoms with Crippen LogP contribution in [-0.4, -0.2) is 11.1 Å². The molecule has 0 atom stereocenters. The summed E-state index contributed by atoms with van der Waals surface area (Å²) >= 11 is 0. The van der Waals surface area contributed by atoms with E-state index < -0.39 is 0 Å². The molecule has 1 aromatic carbocycles. The number of rotatable bonds is 5. The predicted octanol–water partition coefficient (Wildman–Crippen LogP) is 2.38. The van der Waals surface area contributed by atoms with Crippen LogP contribution in [0.1, 0.15) is 24.8 Å². The second-order valence-corrected chi connectivity index (χ2v) is 3.24. The number of hydroxylamine groups is 1. The number of allylic oxidation sites excluding steroid dienone is 1.